The number of nitrogen functional groups attached to an aromatic ring is 1. The number of nitrogens with one attached hydrogen (secondary N) is 1. The molecule has 1 aliphatic rings. The van der Waals surface area contributed by atoms with Crippen LogP contribution in [-0.2, 0) is 14.8 Å². The van der Waals surface area contributed by atoms with E-state index >= 15 is 0 Å². The first-order valence-corrected chi connectivity index (χ1v) is 8.31. The van der Waals surface area contributed by atoms with Gasteiger partial charge >= 0.3 is 0 Å². The zero-order valence-electron chi connectivity index (χ0n) is 10.8. The van der Waals surface area contributed by atoms with Gasteiger partial charge in [0.05, 0.1) is 0 Å². The lowest BCUT2D eigenvalue weighted by Gasteiger charge is -2.33. The van der Waals surface area contributed by atoms with E-state index in [1.165, 1.54) is 16.6 Å². The molecular weight excluding hydrogens is 348 g/mol. The summed E-state index contributed by atoms with van der Waals surface area (Å²) in [6, 6.07) is 0.684. The van der Waals surface area contributed by atoms with Crippen molar-refractivity contribution in [2.45, 2.75) is 24.3 Å². The van der Waals surface area contributed by atoms with Gasteiger partial charge in [-0.15, -0.1) is 0 Å². The number of aromatic nitrogens is 1. The van der Waals surface area contributed by atoms with Crippen molar-refractivity contribution in [2.75, 3.05) is 18.8 Å². The van der Waals surface area contributed by atoms with E-state index in [2.05, 4.69) is 26.2 Å². The molecule has 1 saturated heterocycles. The summed E-state index contributed by atoms with van der Waals surface area (Å²) in [7, 11) is -3.85. The average molecular weight is 363 g/mol. The highest BCUT2D eigenvalue weighted by Crippen LogP contribution is 2.26. The Morgan fingerprint density at radius 2 is 2.30 bits per heavy atom. The normalized spacial score (nSPS) is 20.7. The average Bonchev–Trinajstić information content (AvgIpc) is 2.41. The molecular formula is C11H15BrN4O3S. The van der Waals surface area contributed by atoms with E-state index in [1.54, 1.807) is 6.92 Å². The minimum absolute atomic E-state index is 0.0750. The first kappa shape index (κ1) is 15.2. The molecule has 2 heterocycles. The lowest BCUT2D eigenvalue weighted by atomic mass is 10.2. The van der Waals surface area contributed by atoms with Crippen molar-refractivity contribution >= 4 is 37.7 Å². The van der Waals surface area contributed by atoms with Crippen molar-refractivity contribution < 1.29 is 13.2 Å². The van der Waals surface area contributed by atoms with Gasteiger partial charge in [-0.05, 0) is 28.4 Å². The van der Waals surface area contributed by atoms with Crippen LogP contribution in [0, 0.1) is 0 Å². The van der Waals surface area contributed by atoms with E-state index in [0.717, 1.165) is 0 Å². The molecule has 0 aromatic carbocycles. The fourth-order valence-corrected chi connectivity index (χ4v) is 4.37. The van der Waals surface area contributed by atoms with E-state index in [-0.39, 0.29) is 29.7 Å². The van der Waals surface area contributed by atoms with Gasteiger partial charge in [-0.2, -0.15) is 4.31 Å². The third-order valence-electron chi connectivity index (χ3n) is 3.10. The first-order valence-electron chi connectivity index (χ1n) is 6.08. The number of nitrogens with two attached hydrogens (primary N) is 1. The number of hydrogen-bond donors (Lipinski definition) is 2. The number of hydrogen-bond acceptors (Lipinski definition) is 5. The Kier molecular flexibility index (Phi) is 4.31. The van der Waals surface area contributed by atoms with Gasteiger partial charge in [0.2, 0.25) is 15.9 Å². The third-order valence-corrected chi connectivity index (χ3v) is 5.47. The number of carbonyl (C=O) groups is 1. The van der Waals surface area contributed by atoms with Crippen molar-refractivity contribution in [3.8, 4) is 0 Å². The SMILES string of the molecule is CCC1C(=O)NCCN1S(=O)(=O)c1cc(Br)cnc1N. The van der Waals surface area contributed by atoms with Crippen molar-refractivity contribution in [3.05, 3.63) is 16.7 Å². The summed E-state index contributed by atoms with van der Waals surface area (Å²) in [6.45, 7) is 2.27. The number of anilines is 1. The van der Waals surface area contributed by atoms with Crippen molar-refractivity contribution in [3.63, 3.8) is 0 Å². The maximum Gasteiger partial charge on any atom is 0.247 e. The van der Waals surface area contributed by atoms with Crippen LogP contribution in [0.5, 0.6) is 0 Å². The quantitative estimate of drug-likeness (QED) is 0.805. The molecule has 2 rings (SSSR count). The maximum atomic E-state index is 12.7. The molecule has 1 fully saturated rings. The number of amides is 1. The summed E-state index contributed by atoms with van der Waals surface area (Å²) in [5, 5.41) is 2.66. The van der Waals surface area contributed by atoms with Crippen LogP contribution in [0.1, 0.15) is 13.3 Å². The Morgan fingerprint density at radius 1 is 1.60 bits per heavy atom. The van der Waals surface area contributed by atoms with Crippen LogP contribution >= 0.6 is 15.9 Å². The summed E-state index contributed by atoms with van der Waals surface area (Å²) in [5.41, 5.74) is 5.67. The minimum atomic E-state index is -3.85. The number of pyridine rings is 1. The monoisotopic (exact) mass is 362 g/mol. The topological polar surface area (TPSA) is 105 Å². The smallest absolute Gasteiger partial charge is 0.247 e. The minimum Gasteiger partial charge on any atom is -0.383 e. The summed E-state index contributed by atoms with van der Waals surface area (Å²) in [5.74, 6) is -0.363. The van der Waals surface area contributed by atoms with Crippen molar-refractivity contribution in [2.24, 2.45) is 0 Å². The van der Waals surface area contributed by atoms with Crippen LogP contribution < -0.4 is 11.1 Å². The number of piperazine rings is 1. The second-order valence-corrected chi connectivity index (χ2v) is 7.14. The summed E-state index contributed by atoms with van der Waals surface area (Å²) >= 11 is 3.18. The lowest BCUT2D eigenvalue weighted by molar-refractivity contribution is -0.126. The number of halogens is 1. The van der Waals surface area contributed by atoms with E-state index < -0.39 is 16.1 Å². The molecule has 1 unspecified atom stereocenters. The zero-order valence-corrected chi connectivity index (χ0v) is 13.2. The van der Waals surface area contributed by atoms with Gasteiger partial charge in [-0.25, -0.2) is 13.4 Å². The van der Waals surface area contributed by atoms with Crippen molar-refractivity contribution in [1.82, 2.24) is 14.6 Å². The molecule has 1 aromatic rings. The van der Waals surface area contributed by atoms with Gasteiger partial charge in [0.1, 0.15) is 16.8 Å². The number of nitrogens with zero attached hydrogens (tertiary/aromatic N) is 2. The van der Waals surface area contributed by atoms with Crippen molar-refractivity contribution in [1.29, 1.82) is 0 Å². The second kappa shape index (κ2) is 5.66. The largest absolute Gasteiger partial charge is 0.383 e. The Bertz CT molecular complexity index is 635. The molecule has 1 atom stereocenters. The first-order chi connectivity index (χ1) is 9.37. The molecule has 3 N–H and O–H groups in total. The Hall–Kier alpha value is -1.19. The molecule has 1 aromatic heterocycles. The van der Waals surface area contributed by atoms with E-state index in [0.29, 0.717) is 10.9 Å². The molecule has 0 saturated carbocycles. The van der Waals surface area contributed by atoms with Gasteiger partial charge in [0.15, 0.2) is 0 Å². The summed E-state index contributed by atoms with van der Waals surface area (Å²) < 4.78 is 27.1. The third kappa shape index (κ3) is 2.65. The molecule has 110 valence electrons. The molecule has 0 aliphatic carbocycles. The number of carbonyl (C=O) groups excluding carboxylic acids is 1. The predicted octanol–water partition coefficient (Wildman–Crippen LogP) is 0.325. The highest BCUT2D eigenvalue weighted by Gasteiger charge is 2.38. The zero-order chi connectivity index (χ0) is 14.9. The van der Waals surface area contributed by atoms with Crippen LogP contribution in [0.2, 0.25) is 0 Å². The summed E-state index contributed by atoms with van der Waals surface area (Å²) in [4.78, 5) is 15.5. The molecule has 1 aliphatic heterocycles. The van der Waals surface area contributed by atoms with E-state index in [1.807, 2.05) is 0 Å². The Morgan fingerprint density at radius 3 is 2.95 bits per heavy atom. The van der Waals surface area contributed by atoms with Gasteiger partial charge < -0.3 is 11.1 Å². The van der Waals surface area contributed by atoms with Crippen LogP contribution in [0.15, 0.2) is 21.6 Å². The molecule has 7 nitrogen and oxygen atoms in total. The molecule has 1 amide bonds. The molecule has 9 heteroatoms. The Balaban J connectivity index is 2.48. The molecule has 0 spiro atoms. The van der Waals surface area contributed by atoms with Gasteiger partial charge in [-0.3, -0.25) is 4.79 Å². The highest BCUT2D eigenvalue weighted by atomic mass is 79.9. The molecule has 0 bridgehead atoms. The standard InChI is InChI=1S/C11H15BrN4O3S/c1-2-8-11(17)14-3-4-16(8)20(18,19)9-5-7(12)6-15-10(9)13/h5-6,8H,2-4H2,1H3,(H2,13,15)(H,14,17). The molecule has 0 radical (unpaired) electrons. The fourth-order valence-electron chi connectivity index (χ4n) is 2.13. The molecule has 20 heavy (non-hydrogen) atoms. The van der Waals surface area contributed by atoms with Gasteiger partial charge in [0.25, 0.3) is 0 Å². The van der Waals surface area contributed by atoms with Gasteiger partial charge in [0, 0.05) is 23.8 Å². The maximum absolute atomic E-state index is 12.7. The number of sulfonamides is 1. The summed E-state index contributed by atoms with van der Waals surface area (Å²) in [6.07, 6.45) is 1.82. The van der Waals surface area contributed by atoms with Crippen LogP contribution in [0.4, 0.5) is 5.82 Å². The van der Waals surface area contributed by atoms with Crippen LogP contribution in [-0.4, -0.2) is 42.7 Å². The number of rotatable bonds is 3. The fraction of sp³-hybridized carbons (Fsp3) is 0.455. The van der Waals surface area contributed by atoms with Crippen LogP contribution in [0.3, 0.4) is 0 Å². The highest BCUT2D eigenvalue weighted by molar-refractivity contribution is 9.10. The van der Waals surface area contributed by atoms with Gasteiger partial charge in [-0.1, -0.05) is 6.92 Å². The second-order valence-electron chi connectivity index (χ2n) is 4.37. The Labute approximate surface area is 125 Å². The van der Waals surface area contributed by atoms with E-state index in [4.69, 9.17) is 5.73 Å². The van der Waals surface area contributed by atoms with Crippen LogP contribution in [0.25, 0.3) is 0 Å². The van der Waals surface area contributed by atoms with E-state index in [9.17, 15) is 13.2 Å². The lowest BCUT2D eigenvalue weighted by Crippen LogP contribution is -2.56. The predicted molar refractivity (Wildman–Crippen MR) is 77.3 cm³/mol.